The van der Waals surface area contributed by atoms with Gasteiger partial charge in [-0.25, -0.2) is 8.78 Å². The molecule has 142 valence electrons. The van der Waals surface area contributed by atoms with Gasteiger partial charge in [-0.3, -0.25) is 9.59 Å². The molecule has 27 heavy (non-hydrogen) atoms. The monoisotopic (exact) mass is 432 g/mol. The second-order valence-corrected chi connectivity index (χ2v) is 7.27. The zero-order valence-corrected chi connectivity index (χ0v) is 16.1. The third kappa shape index (κ3) is 4.34. The minimum Gasteiger partial charge on any atom is -0.335 e. The van der Waals surface area contributed by atoms with Crippen molar-refractivity contribution in [1.82, 2.24) is 9.80 Å². The first-order valence-electron chi connectivity index (χ1n) is 7.95. The van der Waals surface area contributed by atoms with Crippen molar-refractivity contribution in [2.45, 2.75) is 0 Å². The number of hydrogen-bond acceptors (Lipinski definition) is 2. The summed E-state index contributed by atoms with van der Waals surface area (Å²) in [6.45, 7) is 1.01. The summed E-state index contributed by atoms with van der Waals surface area (Å²) in [5.74, 6) is -3.03. The van der Waals surface area contributed by atoms with Crippen LogP contribution in [0.2, 0.25) is 15.1 Å². The van der Waals surface area contributed by atoms with Gasteiger partial charge in [0, 0.05) is 41.8 Å². The number of carbonyl (C=O) groups is 2. The molecule has 1 saturated heterocycles. The molecule has 0 bridgehead atoms. The highest BCUT2D eigenvalue weighted by molar-refractivity contribution is 6.35. The summed E-state index contributed by atoms with van der Waals surface area (Å²) >= 11 is 17.7. The Morgan fingerprint density at radius 2 is 1.22 bits per heavy atom. The molecule has 0 aromatic heterocycles. The van der Waals surface area contributed by atoms with Crippen LogP contribution in [0.4, 0.5) is 8.78 Å². The Balaban J connectivity index is 1.69. The molecule has 0 aliphatic carbocycles. The first-order chi connectivity index (χ1) is 12.8. The maximum atomic E-state index is 13.4. The van der Waals surface area contributed by atoms with Crippen LogP contribution in [0, 0.1) is 11.6 Å². The van der Waals surface area contributed by atoms with Crippen LogP contribution in [0.15, 0.2) is 30.3 Å². The predicted molar refractivity (Wildman–Crippen MR) is 99.6 cm³/mol. The van der Waals surface area contributed by atoms with E-state index in [2.05, 4.69) is 0 Å². The molecule has 2 aromatic carbocycles. The number of amides is 2. The highest BCUT2D eigenvalue weighted by atomic mass is 35.5. The molecule has 1 heterocycles. The first-order valence-corrected chi connectivity index (χ1v) is 9.09. The Bertz CT molecular complexity index is 895. The van der Waals surface area contributed by atoms with Gasteiger partial charge >= 0.3 is 0 Å². The van der Waals surface area contributed by atoms with E-state index in [4.69, 9.17) is 34.8 Å². The summed E-state index contributed by atoms with van der Waals surface area (Å²) in [5.41, 5.74) is 0.243. The van der Waals surface area contributed by atoms with Crippen molar-refractivity contribution in [3.63, 3.8) is 0 Å². The molecule has 1 aliphatic heterocycles. The predicted octanol–water partition coefficient (Wildman–Crippen LogP) is 4.52. The third-order valence-electron chi connectivity index (χ3n) is 4.20. The summed E-state index contributed by atoms with van der Waals surface area (Å²) in [6, 6.07) is 6.13. The van der Waals surface area contributed by atoms with E-state index in [1.165, 1.54) is 23.1 Å². The summed E-state index contributed by atoms with van der Waals surface area (Å²) in [7, 11) is 0. The second-order valence-electron chi connectivity index (χ2n) is 5.99. The van der Waals surface area contributed by atoms with Gasteiger partial charge in [-0.2, -0.15) is 0 Å². The molecule has 0 spiro atoms. The van der Waals surface area contributed by atoms with Gasteiger partial charge < -0.3 is 9.80 Å². The van der Waals surface area contributed by atoms with Crippen molar-refractivity contribution in [2.24, 2.45) is 0 Å². The van der Waals surface area contributed by atoms with Crippen LogP contribution in [0.5, 0.6) is 0 Å². The van der Waals surface area contributed by atoms with E-state index < -0.39 is 17.5 Å². The standard InChI is InChI=1S/C18H13Cl3F2N2O2/c19-11-5-10(6-12(20)7-11)17(26)24-1-3-25(4-2-24)18(27)13-8-15(22)16(23)9-14(13)21/h5-9H,1-4H2. The maximum absolute atomic E-state index is 13.4. The van der Waals surface area contributed by atoms with Crippen LogP contribution in [-0.4, -0.2) is 47.8 Å². The van der Waals surface area contributed by atoms with Crippen LogP contribution in [0.3, 0.4) is 0 Å². The van der Waals surface area contributed by atoms with E-state index in [0.29, 0.717) is 15.6 Å². The highest BCUT2D eigenvalue weighted by Crippen LogP contribution is 2.23. The average molecular weight is 434 g/mol. The van der Waals surface area contributed by atoms with E-state index in [1.807, 2.05) is 0 Å². The number of benzene rings is 2. The zero-order valence-electron chi connectivity index (χ0n) is 13.8. The molecular weight excluding hydrogens is 421 g/mol. The molecule has 2 amide bonds. The Kier molecular flexibility index (Phi) is 5.89. The number of rotatable bonds is 2. The van der Waals surface area contributed by atoms with E-state index in [-0.39, 0.29) is 42.7 Å². The van der Waals surface area contributed by atoms with Crippen molar-refractivity contribution in [3.8, 4) is 0 Å². The number of piperazine rings is 1. The molecule has 2 aromatic rings. The number of nitrogens with zero attached hydrogens (tertiary/aromatic N) is 2. The topological polar surface area (TPSA) is 40.6 Å². The van der Waals surface area contributed by atoms with E-state index in [9.17, 15) is 18.4 Å². The molecule has 1 aliphatic rings. The van der Waals surface area contributed by atoms with E-state index >= 15 is 0 Å². The van der Waals surface area contributed by atoms with Gasteiger partial charge in [0.25, 0.3) is 11.8 Å². The Morgan fingerprint density at radius 1 is 0.741 bits per heavy atom. The fraction of sp³-hybridized carbons (Fsp3) is 0.222. The van der Waals surface area contributed by atoms with Gasteiger partial charge in [0.15, 0.2) is 11.6 Å². The number of carbonyl (C=O) groups excluding carboxylic acids is 2. The Hall–Kier alpha value is -1.89. The fourth-order valence-corrected chi connectivity index (χ4v) is 3.59. The van der Waals surface area contributed by atoms with Crippen molar-refractivity contribution in [1.29, 1.82) is 0 Å². The van der Waals surface area contributed by atoms with Gasteiger partial charge in [-0.1, -0.05) is 34.8 Å². The Morgan fingerprint density at radius 3 is 1.78 bits per heavy atom. The minimum atomic E-state index is -1.14. The zero-order chi connectivity index (χ0) is 19.7. The molecular formula is C18H13Cl3F2N2O2. The smallest absolute Gasteiger partial charge is 0.255 e. The number of hydrogen-bond donors (Lipinski definition) is 0. The molecule has 1 fully saturated rings. The molecule has 4 nitrogen and oxygen atoms in total. The normalized spacial score (nSPS) is 14.4. The second kappa shape index (κ2) is 8.00. The molecule has 0 saturated carbocycles. The van der Waals surface area contributed by atoms with Gasteiger partial charge in [-0.15, -0.1) is 0 Å². The maximum Gasteiger partial charge on any atom is 0.255 e. The molecule has 0 N–H and O–H groups in total. The van der Waals surface area contributed by atoms with Crippen LogP contribution in [0.1, 0.15) is 20.7 Å². The third-order valence-corrected chi connectivity index (χ3v) is 4.95. The summed E-state index contributed by atoms with van der Waals surface area (Å²) < 4.78 is 26.6. The number of halogens is 5. The summed E-state index contributed by atoms with van der Waals surface area (Å²) in [4.78, 5) is 28.1. The molecule has 0 atom stereocenters. The van der Waals surface area contributed by atoms with Crippen molar-refractivity contribution >= 4 is 46.6 Å². The summed E-state index contributed by atoms with van der Waals surface area (Å²) in [6.07, 6.45) is 0. The van der Waals surface area contributed by atoms with Crippen molar-refractivity contribution in [2.75, 3.05) is 26.2 Å². The van der Waals surface area contributed by atoms with E-state index in [1.54, 1.807) is 4.90 Å². The summed E-state index contributed by atoms with van der Waals surface area (Å²) in [5, 5.41) is 0.547. The highest BCUT2D eigenvalue weighted by Gasteiger charge is 2.27. The van der Waals surface area contributed by atoms with Crippen LogP contribution >= 0.6 is 34.8 Å². The quantitative estimate of drug-likeness (QED) is 0.653. The first kappa shape index (κ1) is 19.9. The van der Waals surface area contributed by atoms with Gasteiger partial charge in [-0.05, 0) is 30.3 Å². The van der Waals surface area contributed by atoms with Crippen molar-refractivity contribution in [3.05, 3.63) is 68.2 Å². The van der Waals surface area contributed by atoms with Gasteiger partial charge in [0.2, 0.25) is 0 Å². The largest absolute Gasteiger partial charge is 0.335 e. The van der Waals surface area contributed by atoms with Crippen LogP contribution in [0.25, 0.3) is 0 Å². The SMILES string of the molecule is O=C(c1cc(Cl)cc(Cl)c1)N1CCN(C(=O)c2cc(F)c(F)cc2Cl)CC1. The van der Waals surface area contributed by atoms with Gasteiger partial charge in [0.05, 0.1) is 10.6 Å². The molecule has 3 rings (SSSR count). The van der Waals surface area contributed by atoms with Gasteiger partial charge in [0.1, 0.15) is 0 Å². The lowest BCUT2D eigenvalue weighted by Crippen LogP contribution is -2.50. The molecule has 9 heteroatoms. The van der Waals surface area contributed by atoms with Crippen LogP contribution in [-0.2, 0) is 0 Å². The minimum absolute atomic E-state index is 0.114. The lowest BCUT2D eigenvalue weighted by Gasteiger charge is -2.35. The Labute approximate surface area is 169 Å². The van der Waals surface area contributed by atoms with E-state index in [0.717, 1.165) is 12.1 Å². The lowest BCUT2D eigenvalue weighted by atomic mass is 10.1. The fourth-order valence-electron chi connectivity index (χ4n) is 2.83. The van der Waals surface area contributed by atoms with Crippen molar-refractivity contribution < 1.29 is 18.4 Å². The average Bonchev–Trinajstić information content (AvgIpc) is 2.63. The molecule has 0 unspecified atom stereocenters. The molecule has 0 radical (unpaired) electrons. The lowest BCUT2D eigenvalue weighted by molar-refractivity contribution is 0.0535. The van der Waals surface area contributed by atoms with Crippen LogP contribution < -0.4 is 0 Å².